The Bertz CT molecular complexity index is 2140. The predicted octanol–water partition coefficient (Wildman–Crippen LogP) is 1.45. The molecule has 0 bridgehead atoms. The Morgan fingerprint density at radius 3 is 1.43 bits per heavy atom. The first kappa shape index (κ1) is 72.9. The Morgan fingerprint density at radius 2 is 0.987 bits per heavy atom. The Labute approximate surface area is 471 Å². The van der Waals surface area contributed by atoms with Crippen LogP contribution in [0.1, 0.15) is 130 Å². The summed E-state index contributed by atoms with van der Waals surface area (Å²) < 4.78 is 0. The molecule has 79 heavy (non-hydrogen) atoms. The lowest BCUT2D eigenvalue weighted by atomic mass is 9.91. The Balaban J connectivity index is 6.93. The summed E-state index contributed by atoms with van der Waals surface area (Å²) in [7, 11) is 9.88. The van der Waals surface area contributed by atoms with E-state index in [1.807, 2.05) is 41.5 Å². The van der Waals surface area contributed by atoms with Crippen molar-refractivity contribution in [2.75, 3.05) is 62.4 Å². The molecule has 0 saturated heterocycles. The lowest BCUT2D eigenvalue weighted by Crippen LogP contribution is -2.63. The summed E-state index contributed by atoms with van der Waals surface area (Å²) in [5.41, 5.74) is 5.37. The number of nitrogens with one attached hydrogen (secondary N) is 3. The highest BCUT2D eigenvalue weighted by Gasteiger charge is 2.45. The summed E-state index contributed by atoms with van der Waals surface area (Å²) in [4.78, 5) is 159. The molecule has 0 aromatic rings. The van der Waals surface area contributed by atoms with Gasteiger partial charge in [0.1, 0.15) is 48.3 Å². The molecule has 0 aromatic heterocycles. The first-order valence-corrected chi connectivity index (χ1v) is 27.6. The molecule has 0 spiro atoms. The van der Waals surface area contributed by atoms with Crippen molar-refractivity contribution >= 4 is 65.0 Å². The second kappa shape index (κ2) is 33.5. The molecule has 0 aliphatic rings. The van der Waals surface area contributed by atoms with E-state index in [1.165, 1.54) is 89.7 Å². The molecule has 11 atom stereocenters. The molecule has 23 nitrogen and oxygen atoms in total. The van der Waals surface area contributed by atoms with E-state index in [2.05, 4.69) is 16.0 Å². The summed E-state index contributed by atoms with van der Waals surface area (Å²) in [6, 6.07) is -9.54. The third-order valence-corrected chi connectivity index (χ3v) is 14.7. The molecule has 0 aliphatic heterocycles. The zero-order valence-electron chi connectivity index (χ0n) is 51.7. The fourth-order valence-corrected chi connectivity index (χ4v) is 8.91. The van der Waals surface area contributed by atoms with Gasteiger partial charge in [0.15, 0.2) is 0 Å². The summed E-state index contributed by atoms with van der Waals surface area (Å²) in [5.74, 6) is -8.60. The quantitative estimate of drug-likeness (QED) is 0.0599. The second-order valence-corrected chi connectivity index (χ2v) is 23.0. The molecule has 6 N–H and O–H groups in total. The molecule has 0 heterocycles. The van der Waals surface area contributed by atoms with Crippen LogP contribution in [0.25, 0.3) is 0 Å². The molecular formula is C56H101N11O12. The monoisotopic (exact) mass is 1120 g/mol. The number of primary amides is 1. The summed E-state index contributed by atoms with van der Waals surface area (Å²) in [5, 5.41) is 19.8. The van der Waals surface area contributed by atoms with Gasteiger partial charge in [0.2, 0.25) is 65.0 Å². The number of hydrogen-bond donors (Lipinski definition) is 5. The van der Waals surface area contributed by atoms with Crippen molar-refractivity contribution in [1.29, 1.82) is 0 Å². The number of carbonyl (C=O) groups is 11. The fraction of sp³-hybridized carbons (Fsp3) is 0.768. The average Bonchev–Trinajstić information content (AvgIpc) is 3.37. The van der Waals surface area contributed by atoms with Crippen LogP contribution in [0.4, 0.5) is 0 Å². The van der Waals surface area contributed by atoms with Crippen molar-refractivity contribution in [1.82, 2.24) is 50.2 Å². The lowest BCUT2D eigenvalue weighted by Gasteiger charge is -2.41. The number of likely N-dealkylation sites (N-methyl/N-ethyl adjacent to an activating group) is 7. The van der Waals surface area contributed by atoms with Crippen LogP contribution in [0.3, 0.4) is 0 Å². The maximum atomic E-state index is 15.0. The number of rotatable bonds is 32. The Morgan fingerprint density at radius 1 is 0.519 bits per heavy atom. The molecule has 0 aromatic carbocycles. The van der Waals surface area contributed by atoms with Crippen LogP contribution in [-0.4, -0.2) is 221 Å². The molecule has 452 valence electrons. The minimum atomic E-state index is -1.59. The Hall–Kier alpha value is -6.13. The standard InChI is InChI=1S/C56H101N11O12/c1-23-25-26-35(11)47(70)46(50(73)60-40(24-2)53(76)62(17)30-44(69)63(18)39(15)48(57)71)67(22)56(79)45(34(9)10)66(21)55(78)42(28-32(5)6)65(20)54(77)41(27-31(3)4)64(19)52(75)38(14)59-49(72)37(13)58-43(68)29-61(16)51(74)36(12)33(7)8/h23,25,31-42,45-47,70H,24,26-30H2,1-22H3,(H2,57,71)(H,58,68)(H,59,72)(H,60,73)/b25-23-/t35-,36-,37-,38+,39-,40+,41-,42-,45+,46?,47+/m1/s1. The fourth-order valence-electron chi connectivity index (χ4n) is 8.91. The predicted molar refractivity (Wildman–Crippen MR) is 303 cm³/mol. The molecule has 23 heteroatoms. The minimum absolute atomic E-state index is 0.0562. The lowest BCUT2D eigenvalue weighted by molar-refractivity contribution is -0.157. The van der Waals surface area contributed by atoms with Crippen LogP contribution in [0.15, 0.2) is 12.2 Å². The third-order valence-electron chi connectivity index (χ3n) is 14.7. The summed E-state index contributed by atoms with van der Waals surface area (Å²) in [6.07, 6.45) is 2.77. The summed E-state index contributed by atoms with van der Waals surface area (Å²) in [6.45, 7) is 25.2. The molecule has 11 amide bonds. The molecule has 0 saturated carbocycles. The molecule has 0 aliphatic carbocycles. The van der Waals surface area contributed by atoms with Gasteiger partial charge in [-0.3, -0.25) is 52.7 Å². The van der Waals surface area contributed by atoms with Crippen molar-refractivity contribution in [2.24, 2.45) is 41.2 Å². The largest absolute Gasteiger partial charge is 0.390 e. The van der Waals surface area contributed by atoms with Crippen LogP contribution >= 0.6 is 0 Å². The minimum Gasteiger partial charge on any atom is -0.390 e. The van der Waals surface area contributed by atoms with Gasteiger partial charge < -0.3 is 61.1 Å². The maximum absolute atomic E-state index is 15.0. The highest BCUT2D eigenvalue weighted by atomic mass is 16.3. The van der Waals surface area contributed by atoms with Crippen molar-refractivity contribution in [3.05, 3.63) is 12.2 Å². The van der Waals surface area contributed by atoms with Gasteiger partial charge in [-0.25, -0.2) is 0 Å². The normalized spacial score (nSPS) is 15.8. The summed E-state index contributed by atoms with van der Waals surface area (Å²) >= 11 is 0. The number of aliphatic hydroxyl groups excluding tert-OH is 1. The highest BCUT2D eigenvalue weighted by Crippen LogP contribution is 2.25. The van der Waals surface area contributed by atoms with Crippen LogP contribution in [-0.2, 0) is 52.7 Å². The first-order valence-electron chi connectivity index (χ1n) is 27.6. The van der Waals surface area contributed by atoms with E-state index >= 15 is 0 Å². The van der Waals surface area contributed by atoms with Crippen LogP contribution in [0.2, 0.25) is 0 Å². The van der Waals surface area contributed by atoms with Gasteiger partial charge in [-0.05, 0) is 83.0 Å². The number of aliphatic hydroxyl groups is 1. The molecule has 1 unspecified atom stereocenters. The van der Waals surface area contributed by atoms with Crippen molar-refractivity contribution in [3.63, 3.8) is 0 Å². The Kier molecular flexibility index (Phi) is 30.9. The topological polar surface area (TPSA) is 293 Å². The van der Waals surface area contributed by atoms with E-state index in [0.717, 1.165) is 14.7 Å². The number of hydrogen-bond acceptors (Lipinski definition) is 12. The number of carbonyl (C=O) groups excluding carboxylic acids is 11. The van der Waals surface area contributed by atoms with Crippen molar-refractivity contribution < 1.29 is 57.8 Å². The number of allylic oxidation sites excluding steroid dienone is 2. The highest BCUT2D eigenvalue weighted by molar-refractivity contribution is 5.98. The van der Waals surface area contributed by atoms with Gasteiger partial charge in [0.05, 0.1) is 19.2 Å². The molecule has 0 rings (SSSR count). The van der Waals surface area contributed by atoms with Crippen LogP contribution < -0.4 is 21.7 Å². The van der Waals surface area contributed by atoms with E-state index in [9.17, 15) is 57.8 Å². The molecule has 0 radical (unpaired) electrons. The van der Waals surface area contributed by atoms with E-state index in [0.29, 0.717) is 6.42 Å². The van der Waals surface area contributed by atoms with Crippen molar-refractivity contribution in [2.45, 2.75) is 184 Å². The van der Waals surface area contributed by atoms with Crippen LogP contribution in [0, 0.1) is 35.5 Å². The first-order chi connectivity index (χ1) is 36.3. The van der Waals surface area contributed by atoms with Gasteiger partial charge in [0, 0.05) is 55.3 Å². The van der Waals surface area contributed by atoms with Gasteiger partial charge in [-0.1, -0.05) is 88.3 Å². The van der Waals surface area contributed by atoms with Gasteiger partial charge in [0.25, 0.3) is 0 Å². The van der Waals surface area contributed by atoms with E-state index in [-0.39, 0.29) is 55.4 Å². The zero-order valence-corrected chi connectivity index (χ0v) is 51.7. The smallest absolute Gasteiger partial charge is 0.246 e. The van der Waals surface area contributed by atoms with E-state index in [4.69, 9.17) is 5.73 Å². The number of nitrogens with two attached hydrogens (primary N) is 1. The number of amides is 11. The van der Waals surface area contributed by atoms with Gasteiger partial charge >= 0.3 is 0 Å². The second-order valence-electron chi connectivity index (χ2n) is 23.0. The van der Waals surface area contributed by atoms with Crippen LogP contribution in [0.5, 0.6) is 0 Å². The maximum Gasteiger partial charge on any atom is 0.246 e. The molecule has 0 fully saturated rings. The van der Waals surface area contributed by atoms with Gasteiger partial charge in [-0.2, -0.15) is 0 Å². The van der Waals surface area contributed by atoms with Crippen molar-refractivity contribution in [3.8, 4) is 0 Å². The SMILES string of the molecule is C/C=C\C[C@@H](C)[C@H](O)C(C(=O)N[C@@H](CC)C(=O)N(C)CC(=O)N(C)[C@H](C)C(N)=O)N(C)C(=O)[C@H](C(C)C)N(C)C(=O)[C@@H](CC(C)C)N(C)C(=O)[C@@H](CC(C)C)N(C)C(=O)[C@H](C)NC(=O)[C@@H](C)NC(=O)CN(C)C(=O)[C@H](C)C(C)C. The van der Waals surface area contributed by atoms with E-state index in [1.54, 1.807) is 53.7 Å². The number of nitrogens with zero attached hydrogens (tertiary/aromatic N) is 7. The molecular weight excluding hydrogens is 1020 g/mol. The van der Waals surface area contributed by atoms with E-state index < -0.39 is 132 Å². The third kappa shape index (κ3) is 21.5. The average molecular weight is 1120 g/mol. The zero-order chi connectivity index (χ0) is 61.8. The van der Waals surface area contributed by atoms with Gasteiger partial charge in [-0.15, -0.1) is 0 Å².